The van der Waals surface area contributed by atoms with Crippen molar-refractivity contribution in [2.45, 2.75) is 13.5 Å². The third-order valence-electron chi connectivity index (χ3n) is 4.90. The first kappa shape index (κ1) is 21.0. The predicted octanol–water partition coefficient (Wildman–Crippen LogP) is 3.10. The van der Waals surface area contributed by atoms with Crippen LogP contribution in [0.3, 0.4) is 0 Å². The molecule has 2 aromatic carbocycles. The highest BCUT2D eigenvalue weighted by atomic mass is 19.1. The molecule has 0 N–H and O–H groups in total. The molecule has 32 heavy (non-hydrogen) atoms. The van der Waals surface area contributed by atoms with Crippen molar-refractivity contribution in [3.8, 4) is 11.4 Å². The number of carbonyl (C=O) groups excluding carboxylic acids is 2. The monoisotopic (exact) mass is 434 g/mol. The summed E-state index contributed by atoms with van der Waals surface area (Å²) >= 11 is 0. The molecule has 0 bridgehead atoms. The fourth-order valence-corrected chi connectivity index (χ4v) is 3.40. The summed E-state index contributed by atoms with van der Waals surface area (Å²) in [6.07, 6.45) is 3.25. The highest BCUT2D eigenvalue weighted by Crippen LogP contribution is 2.39. The number of rotatable bonds is 6. The van der Waals surface area contributed by atoms with Crippen LogP contribution in [0.2, 0.25) is 0 Å². The van der Waals surface area contributed by atoms with E-state index in [1.807, 2.05) is 5.94 Å². The number of anilines is 1. The van der Waals surface area contributed by atoms with Gasteiger partial charge in [0.1, 0.15) is 23.2 Å². The molecule has 0 fully saturated rings. The lowest BCUT2D eigenvalue weighted by Gasteiger charge is -2.28. The van der Waals surface area contributed by atoms with Gasteiger partial charge >= 0.3 is 5.97 Å². The van der Waals surface area contributed by atoms with Crippen LogP contribution in [0, 0.1) is 5.82 Å². The average Bonchev–Trinajstić information content (AvgIpc) is 3.27. The number of hydrogen-bond acceptors (Lipinski definition) is 7. The highest BCUT2D eigenvalue weighted by molar-refractivity contribution is 6.16. The Hall–Kier alpha value is -4.23. The van der Waals surface area contributed by atoms with Gasteiger partial charge < -0.3 is 14.4 Å². The first-order valence-electron chi connectivity index (χ1n) is 9.80. The van der Waals surface area contributed by atoms with Crippen LogP contribution in [0.25, 0.3) is 11.3 Å². The number of fused-ring (bicyclic) bond motifs is 1. The Morgan fingerprint density at radius 1 is 1.19 bits per heavy atom. The van der Waals surface area contributed by atoms with Gasteiger partial charge in [0.05, 0.1) is 43.3 Å². The van der Waals surface area contributed by atoms with Crippen molar-refractivity contribution >= 4 is 23.2 Å². The molecule has 1 aliphatic heterocycles. The first-order chi connectivity index (χ1) is 15.5. The van der Waals surface area contributed by atoms with E-state index >= 15 is 0 Å². The fraction of sp³-hybridized carbons (Fsp3) is 0.174. The number of esters is 1. The van der Waals surface area contributed by atoms with E-state index in [0.717, 1.165) is 0 Å². The number of carbonyl (C=O) groups is 1. The predicted molar refractivity (Wildman–Crippen MR) is 114 cm³/mol. The molecular weight excluding hydrogens is 415 g/mol. The maximum atomic E-state index is 13.2. The van der Waals surface area contributed by atoms with Crippen molar-refractivity contribution < 1.29 is 23.5 Å². The van der Waals surface area contributed by atoms with Gasteiger partial charge in [-0.3, -0.25) is 0 Å². The number of nitrogens with zero attached hydrogens (tertiary/aromatic N) is 4. The summed E-state index contributed by atoms with van der Waals surface area (Å²) < 4.78 is 25.1. The molecule has 0 amide bonds. The maximum Gasteiger partial charge on any atom is 0.341 e. The Morgan fingerprint density at radius 2 is 1.97 bits per heavy atom. The Labute approximate surface area is 183 Å². The number of halogens is 1. The van der Waals surface area contributed by atoms with Gasteiger partial charge in [0.15, 0.2) is 0 Å². The smallest absolute Gasteiger partial charge is 0.341 e. The second-order valence-electron chi connectivity index (χ2n) is 6.88. The summed E-state index contributed by atoms with van der Waals surface area (Å²) in [6.45, 7) is 2.11. The van der Waals surface area contributed by atoms with E-state index in [9.17, 15) is 14.0 Å². The van der Waals surface area contributed by atoms with Crippen molar-refractivity contribution in [3.05, 3.63) is 77.5 Å². The van der Waals surface area contributed by atoms with Gasteiger partial charge in [-0.2, -0.15) is 0 Å². The molecule has 0 saturated heterocycles. The lowest BCUT2D eigenvalue weighted by atomic mass is 9.94. The van der Waals surface area contributed by atoms with E-state index in [0.29, 0.717) is 28.4 Å². The summed E-state index contributed by atoms with van der Waals surface area (Å²) in [5.74, 6) is 1.43. The molecule has 1 aliphatic rings. The molecule has 162 valence electrons. The van der Waals surface area contributed by atoms with Gasteiger partial charge in [-0.05, 0) is 49.4 Å². The largest absolute Gasteiger partial charge is 0.497 e. The second-order valence-corrected chi connectivity index (χ2v) is 6.88. The van der Waals surface area contributed by atoms with E-state index in [1.54, 1.807) is 54.6 Å². The number of benzene rings is 2. The minimum absolute atomic E-state index is 0.0912. The van der Waals surface area contributed by atoms with Gasteiger partial charge in [-0.1, -0.05) is 5.21 Å². The normalized spacial score (nSPS) is 12.7. The van der Waals surface area contributed by atoms with Crippen molar-refractivity contribution in [3.63, 3.8) is 0 Å². The van der Waals surface area contributed by atoms with Crippen LogP contribution in [-0.2, 0) is 20.9 Å². The van der Waals surface area contributed by atoms with Gasteiger partial charge in [0.2, 0.25) is 0 Å². The van der Waals surface area contributed by atoms with E-state index < -0.39 is 5.97 Å². The summed E-state index contributed by atoms with van der Waals surface area (Å²) in [5, 5.41) is 8.28. The van der Waals surface area contributed by atoms with Crippen molar-refractivity contribution in [2.24, 2.45) is 0 Å². The van der Waals surface area contributed by atoms with Crippen LogP contribution < -0.4 is 9.64 Å². The molecule has 0 aliphatic carbocycles. The fourth-order valence-electron chi connectivity index (χ4n) is 3.40. The molecule has 0 radical (unpaired) electrons. The quantitative estimate of drug-likeness (QED) is 0.435. The summed E-state index contributed by atoms with van der Waals surface area (Å²) in [6, 6.07) is 11.1. The van der Waals surface area contributed by atoms with Crippen molar-refractivity contribution in [1.29, 1.82) is 0 Å². The Morgan fingerprint density at radius 3 is 2.66 bits per heavy atom. The molecule has 0 unspecified atom stereocenters. The van der Waals surface area contributed by atoms with Gasteiger partial charge in [-0.25, -0.2) is 18.7 Å². The highest BCUT2D eigenvalue weighted by Gasteiger charge is 2.29. The molecular formula is C23H19FN4O4. The molecule has 3 aromatic rings. The molecule has 0 spiro atoms. The zero-order valence-corrected chi connectivity index (χ0v) is 17.4. The van der Waals surface area contributed by atoms with Crippen LogP contribution in [0.15, 0.2) is 60.4 Å². The van der Waals surface area contributed by atoms with Gasteiger partial charge in [0.25, 0.3) is 0 Å². The molecule has 4 rings (SSSR count). The van der Waals surface area contributed by atoms with Crippen molar-refractivity contribution in [2.75, 3.05) is 18.6 Å². The summed E-state index contributed by atoms with van der Waals surface area (Å²) in [5.41, 5.74) is 2.61. The van der Waals surface area contributed by atoms with Crippen molar-refractivity contribution in [1.82, 2.24) is 15.0 Å². The van der Waals surface area contributed by atoms with Gasteiger partial charge in [0, 0.05) is 17.5 Å². The maximum absolute atomic E-state index is 13.2. The zero-order valence-electron chi connectivity index (χ0n) is 17.4. The molecule has 9 heteroatoms. The number of hydrogen-bond donors (Lipinski definition) is 0. The van der Waals surface area contributed by atoms with Crippen LogP contribution in [0.4, 0.5) is 10.1 Å². The van der Waals surface area contributed by atoms with Crippen LogP contribution in [0.1, 0.15) is 18.2 Å². The molecule has 0 saturated carbocycles. The third kappa shape index (κ3) is 4.01. The Kier molecular flexibility index (Phi) is 5.83. The SMILES string of the molecule is CCOC(=O)C1=CN(Cc2cn(-c3ccc(F)cc3)nn2)c2ccc(OC)cc2C1=C=O. The number of aromatic nitrogens is 3. The van der Waals surface area contributed by atoms with Crippen LogP contribution in [-0.4, -0.2) is 40.6 Å². The Balaban J connectivity index is 1.72. The lowest BCUT2D eigenvalue weighted by molar-refractivity contribution is -0.138. The topological polar surface area (TPSA) is 86.6 Å². The number of ether oxygens (including phenoxy) is 2. The molecule has 0 atom stereocenters. The van der Waals surface area contributed by atoms with E-state index in [2.05, 4.69) is 10.3 Å². The summed E-state index contributed by atoms with van der Waals surface area (Å²) in [4.78, 5) is 26.1. The van der Waals surface area contributed by atoms with E-state index in [4.69, 9.17) is 9.47 Å². The second kappa shape index (κ2) is 8.87. The minimum Gasteiger partial charge on any atom is -0.497 e. The number of methoxy groups -OCH3 is 1. The standard InChI is InChI=1S/C23H19FN4O4/c1-3-32-23(30)20-13-27(22-9-8-18(31-2)10-19(22)21(20)14-29)11-16-12-28(26-25-16)17-6-4-15(24)5-7-17/h4-10,12-13H,3,11H2,1-2H3. The molecule has 8 nitrogen and oxygen atoms in total. The molecule has 1 aromatic heterocycles. The van der Waals surface area contributed by atoms with Gasteiger partial charge in [-0.15, -0.1) is 5.10 Å². The first-order valence-corrected chi connectivity index (χ1v) is 9.80. The lowest BCUT2D eigenvalue weighted by Crippen LogP contribution is -2.25. The van der Waals surface area contributed by atoms with Crippen LogP contribution in [0.5, 0.6) is 5.75 Å². The molecule has 2 heterocycles. The summed E-state index contributed by atoms with van der Waals surface area (Å²) in [7, 11) is 1.52. The zero-order chi connectivity index (χ0) is 22.7. The van der Waals surface area contributed by atoms with Crippen LogP contribution >= 0.6 is 0 Å². The van der Waals surface area contributed by atoms with E-state index in [-0.39, 0.29) is 30.1 Å². The Bertz CT molecular complexity index is 1240. The average molecular weight is 434 g/mol. The van der Waals surface area contributed by atoms with E-state index in [1.165, 1.54) is 23.9 Å². The minimum atomic E-state index is -0.626. The third-order valence-corrected chi connectivity index (χ3v) is 4.90.